The molecule has 0 spiro atoms. The van der Waals surface area contributed by atoms with Gasteiger partial charge in [0, 0.05) is 51.7 Å². The third kappa shape index (κ3) is 6.19. The zero-order valence-corrected chi connectivity index (χ0v) is 18.1. The van der Waals surface area contributed by atoms with Gasteiger partial charge in [-0.25, -0.2) is 9.98 Å². The summed E-state index contributed by atoms with van der Waals surface area (Å²) in [4.78, 5) is 13.9. The fourth-order valence-corrected chi connectivity index (χ4v) is 4.53. The van der Waals surface area contributed by atoms with Crippen LogP contribution in [-0.4, -0.2) is 55.6 Å². The quantitative estimate of drug-likeness (QED) is 0.547. The molecule has 2 aromatic rings. The van der Waals surface area contributed by atoms with Crippen LogP contribution < -0.4 is 15.5 Å². The number of anilines is 1. The highest BCUT2D eigenvalue weighted by molar-refractivity contribution is 7.13. The van der Waals surface area contributed by atoms with Crippen molar-refractivity contribution in [3.8, 4) is 0 Å². The molecule has 3 heterocycles. The molecular weight excluding hydrogens is 376 g/mol. The molecule has 2 N–H and O–H groups in total. The molecule has 0 bridgehead atoms. The van der Waals surface area contributed by atoms with Crippen molar-refractivity contribution in [2.75, 3.05) is 38.6 Å². The summed E-state index contributed by atoms with van der Waals surface area (Å²) in [6.07, 6.45) is 2.30. The monoisotopic (exact) mass is 406 g/mol. The van der Waals surface area contributed by atoms with Crippen molar-refractivity contribution in [3.63, 3.8) is 0 Å². The summed E-state index contributed by atoms with van der Waals surface area (Å²) < 4.78 is 0. The van der Waals surface area contributed by atoms with Crippen LogP contribution in [0.3, 0.4) is 0 Å². The summed E-state index contributed by atoms with van der Waals surface area (Å²) in [5.41, 5.74) is 2.45. The lowest BCUT2D eigenvalue weighted by molar-refractivity contribution is 0.198. The Morgan fingerprint density at radius 3 is 2.78 bits per heavy atom. The summed E-state index contributed by atoms with van der Waals surface area (Å²) in [6.45, 7) is 6.91. The van der Waals surface area contributed by atoms with E-state index in [1.165, 1.54) is 5.56 Å². The van der Waals surface area contributed by atoms with Gasteiger partial charge in [-0.15, -0.1) is 11.3 Å². The van der Waals surface area contributed by atoms with Gasteiger partial charge in [0.25, 0.3) is 0 Å². The standard InChI is InChI=1S/C19H30N6S2/c1-4-20-18(21-11-17-14-27-19(23-17)24(2)3)22-16-5-8-25(9-6-16)12-15-7-10-26-13-15/h7,10,13-14,16H,4-6,8-9,11-12H2,1-3H3,(H2,20,21,22). The van der Waals surface area contributed by atoms with Crippen LogP contribution in [0, 0.1) is 0 Å². The summed E-state index contributed by atoms with van der Waals surface area (Å²) in [5.74, 6) is 0.896. The van der Waals surface area contributed by atoms with Crippen molar-refractivity contribution in [1.82, 2.24) is 20.5 Å². The number of thiophene rings is 1. The molecule has 1 saturated heterocycles. The molecule has 1 aliphatic heterocycles. The molecule has 6 nitrogen and oxygen atoms in total. The minimum atomic E-state index is 0.481. The van der Waals surface area contributed by atoms with Gasteiger partial charge in [0.05, 0.1) is 12.2 Å². The number of aromatic nitrogens is 1. The third-order valence-corrected chi connectivity index (χ3v) is 6.37. The predicted octanol–water partition coefficient (Wildman–Crippen LogP) is 2.99. The number of guanidine groups is 1. The van der Waals surface area contributed by atoms with E-state index >= 15 is 0 Å². The van der Waals surface area contributed by atoms with Gasteiger partial charge in [0.15, 0.2) is 11.1 Å². The Hall–Kier alpha value is -1.64. The molecule has 148 valence electrons. The summed E-state index contributed by atoms with van der Waals surface area (Å²) >= 11 is 3.44. The Balaban J connectivity index is 1.48. The minimum absolute atomic E-state index is 0.481. The first-order valence-corrected chi connectivity index (χ1v) is 11.4. The van der Waals surface area contributed by atoms with Crippen molar-refractivity contribution in [1.29, 1.82) is 0 Å². The van der Waals surface area contributed by atoms with E-state index in [4.69, 9.17) is 4.99 Å². The number of nitrogens with zero attached hydrogens (tertiary/aromatic N) is 4. The van der Waals surface area contributed by atoms with Crippen molar-refractivity contribution in [3.05, 3.63) is 33.5 Å². The molecule has 0 aliphatic carbocycles. The highest BCUT2D eigenvalue weighted by Crippen LogP contribution is 2.18. The number of aliphatic imine (C=N–C) groups is 1. The summed E-state index contributed by atoms with van der Waals surface area (Å²) in [7, 11) is 4.03. The maximum absolute atomic E-state index is 4.74. The Labute approximate surface area is 170 Å². The van der Waals surface area contributed by atoms with Crippen LogP contribution in [-0.2, 0) is 13.1 Å². The lowest BCUT2D eigenvalue weighted by Crippen LogP contribution is -2.48. The number of thiazole rings is 1. The van der Waals surface area contributed by atoms with Gasteiger partial charge in [0.2, 0.25) is 0 Å². The van der Waals surface area contributed by atoms with E-state index in [0.717, 1.165) is 55.8 Å². The molecule has 0 atom stereocenters. The average Bonchev–Trinajstić information content (AvgIpc) is 3.33. The first kappa shape index (κ1) is 20.1. The molecule has 3 rings (SSSR count). The van der Waals surface area contributed by atoms with E-state index in [-0.39, 0.29) is 0 Å². The van der Waals surface area contributed by atoms with Crippen molar-refractivity contribution in [2.45, 2.75) is 38.9 Å². The number of hydrogen-bond donors (Lipinski definition) is 2. The van der Waals surface area contributed by atoms with Crippen LogP contribution >= 0.6 is 22.7 Å². The smallest absolute Gasteiger partial charge is 0.191 e. The molecule has 27 heavy (non-hydrogen) atoms. The Kier molecular flexibility index (Phi) is 7.49. The van der Waals surface area contributed by atoms with Gasteiger partial charge in [0.1, 0.15) is 0 Å². The van der Waals surface area contributed by atoms with Gasteiger partial charge in [-0.05, 0) is 42.2 Å². The van der Waals surface area contributed by atoms with Crippen LogP contribution in [0.25, 0.3) is 0 Å². The van der Waals surface area contributed by atoms with E-state index in [2.05, 4.69) is 49.6 Å². The lowest BCUT2D eigenvalue weighted by atomic mass is 10.0. The zero-order chi connectivity index (χ0) is 19.1. The van der Waals surface area contributed by atoms with Crippen molar-refractivity contribution < 1.29 is 0 Å². The predicted molar refractivity (Wildman–Crippen MR) is 117 cm³/mol. The van der Waals surface area contributed by atoms with Crippen LogP contribution in [0.4, 0.5) is 5.13 Å². The van der Waals surface area contributed by atoms with E-state index in [1.807, 2.05) is 19.0 Å². The average molecular weight is 407 g/mol. The van der Waals surface area contributed by atoms with Gasteiger partial charge in [-0.1, -0.05) is 0 Å². The second-order valence-corrected chi connectivity index (χ2v) is 8.65. The van der Waals surface area contributed by atoms with Gasteiger partial charge >= 0.3 is 0 Å². The molecule has 0 unspecified atom stereocenters. The largest absolute Gasteiger partial charge is 0.357 e. The van der Waals surface area contributed by atoms with E-state index in [0.29, 0.717) is 12.6 Å². The first-order chi connectivity index (χ1) is 13.1. The Bertz CT molecular complexity index is 702. The molecule has 0 aromatic carbocycles. The van der Waals surface area contributed by atoms with Crippen LogP contribution in [0.5, 0.6) is 0 Å². The zero-order valence-electron chi connectivity index (χ0n) is 16.4. The number of piperidine rings is 1. The molecule has 0 radical (unpaired) electrons. The van der Waals surface area contributed by atoms with Gasteiger partial charge < -0.3 is 15.5 Å². The van der Waals surface area contributed by atoms with Gasteiger partial charge in [-0.3, -0.25) is 4.90 Å². The second kappa shape index (κ2) is 10.1. The molecule has 1 aliphatic rings. The summed E-state index contributed by atoms with van der Waals surface area (Å²) in [5, 5.41) is 14.5. The number of nitrogens with one attached hydrogen (secondary N) is 2. The van der Waals surface area contributed by atoms with Crippen LogP contribution in [0.1, 0.15) is 31.0 Å². The number of likely N-dealkylation sites (tertiary alicyclic amines) is 1. The highest BCUT2D eigenvalue weighted by Gasteiger charge is 2.20. The Morgan fingerprint density at radius 1 is 1.33 bits per heavy atom. The number of rotatable bonds is 7. The minimum Gasteiger partial charge on any atom is -0.357 e. The normalized spacial score (nSPS) is 16.5. The SMILES string of the molecule is CCNC(=NCc1csc(N(C)C)n1)NC1CCN(Cc2ccsc2)CC1. The molecule has 2 aromatic heterocycles. The molecule has 0 amide bonds. The second-order valence-electron chi connectivity index (χ2n) is 7.04. The van der Waals surface area contributed by atoms with Crippen molar-refractivity contribution in [2.24, 2.45) is 4.99 Å². The van der Waals surface area contributed by atoms with Gasteiger partial charge in [-0.2, -0.15) is 11.3 Å². The van der Waals surface area contributed by atoms with Crippen LogP contribution in [0.2, 0.25) is 0 Å². The maximum atomic E-state index is 4.74. The molecule has 8 heteroatoms. The van der Waals surface area contributed by atoms with Crippen LogP contribution in [0.15, 0.2) is 27.2 Å². The van der Waals surface area contributed by atoms with E-state index in [9.17, 15) is 0 Å². The van der Waals surface area contributed by atoms with Crippen molar-refractivity contribution >= 4 is 33.8 Å². The fraction of sp³-hybridized carbons (Fsp3) is 0.579. The van der Waals surface area contributed by atoms with E-state index in [1.54, 1.807) is 22.7 Å². The molecule has 1 fully saturated rings. The first-order valence-electron chi connectivity index (χ1n) is 9.54. The fourth-order valence-electron chi connectivity index (χ4n) is 3.12. The third-order valence-electron chi connectivity index (χ3n) is 4.58. The highest BCUT2D eigenvalue weighted by atomic mass is 32.1. The maximum Gasteiger partial charge on any atom is 0.191 e. The topological polar surface area (TPSA) is 55.8 Å². The molecule has 0 saturated carbocycles. The lowest BCUT2D eigenvalue weighted by Gasteiger charge is -2.32. The Morgan fingerprint density at radius 2 is 2.15 bits per heavy atom. The van der Waals surface area contributed by atoms with E-state index < -0.39 is 0 Å². The number of hydrogen-bond acceptors (Lipinski definition) is 6. The molecular formula is C19H30N6S2. The summed E-state index contributed by atoms with van der Waals surface area (Å²) in [6, 6.07) is 2.71.